The summed E-state index contributed by atoms with van der Waals surface area (Å²) < 4.78 is 0. The summed E-state index contributed by atoms with van der Waals surface area (Å²) in [5, 5.41) is 0. The molecule has 7 heavy (non-hydrogen) atoms. The Morgan fingerprint density at radius 1 is 1.00 bits per heavy atom. The maximum Gasteiger partial charge on any atom is -0.0354 e. The lowest BCUT2D eigenvalue weighted by atomic mass is 9.92. The monoisotopic (exact) mass is 98.1 g/mol. The van der Waals surface area contributed by atoms with E-state index in [0.717, 1.165) is 0 Å². The zero-order valence-corrected chi connectivity index (χ0v) is 5.33. The molecule has 0 atom stereocenters. The fourth-order valence-electron chi connectivity index (χ4n) is 1.33. The molecule has 0 spiro atoms. The molecule has 0 aromatic heterocycles. The number of rotatable bonds is 0. The zero-order valence-electron chi connectivity index (χ0n) is 5.33. The molecule has 0 aromatic rings. The lowest BCUT2D eigenvalue weighted by molar-refractivity contribution is 0.382. The van der Waals surface area contributed by atoms with Gasteiger partial charge in [0, 0.05) is 0 Å². The molecular weight excluding hydrogens is 84.1 g/mol. The predicted molar refractivity (Wildman–Crippen MR) is 32.2 cm³/mol. The molecule has 0 bridgehead atoms. The minimum absolute atomic E-state index is 0.694. The molecule has 1 fully saturated rings. The van der Waals surface area contributed by atoms with E-state index in [1.165, 1.54) is 25.7 Å². The highest BCUT2D eigenvalue weighted by atomic mass is 14.3. The molecule has 0 aliphatic heterocycles. The standard InChI is InChI=1S/C7H14/c1-7(2)5-3-4-6-7/h3-6H2,1-2H3. The minimum atomic E-state index is 0.694. The van der Waals surface area contributed by atoms with Crippen LogP contribution >= 0.6 is 0 Å². The van der Waals surface area contributed by atoms with E-state index in [1.807, 2.05) is 0 Å². The maximum atomic E-state index is 2.36. The van der Waals surface area contributed by atoms with Gasteiger partial charge < -0.3 is 0 Å². The van der Waals surface area contributed by atoms with Gasteiger partial charge in [0.15, 0.2) is 0 Å². The Kier molecular flexibility index (Phi) is 1.10. The van der Waals surface area contributed by atoms with Gasteiger partial charge in [-0.05, 0) is 18.3 Å². The summed E-state index contributed by atoms with van der Waals surface area (Å²) in [6, 6.07) is 0. The van der Waals surface area contributed by atoms with Crippen LogP contribution in [0.4, 0.5) is 0 Å². The molecule has 0 aromatic carbocycles. The van der Waals surface area contributed by atoms with Gasteiger partial charge in [0.25, 0.3) is 0 Å². The van der Waals surface area contributed by atoms with Crippen LogP contribution in [0.1, 0.15) is 39.5 Å². The average Bonchev–Trinajstić information content (AvgIpc) is 1.84. The Bertz CT molecular complexity index is 54.4. The third kappa shape index (κ3) is 1.19. The summed E-state index contributed by atoms with van der Waals surface area (Å²) in [7, 11) is 0. The molecule has 1 saturated carbocycles. The summed E-state index contributed by atoms with van der Waals surface area (Å²) in [5.41, 5.74) is 0.694. The van der Waals surface area contributed by atoms with Gasteiger partial charge in [-0.15, -0.1) is 0 Å². The highest BCUT2D eigenvalue weighted by Gasteiger charge is 2.21. The van der Waals surface area contributed by atoms with E-state index in [2.05, 4.69) is 13.8 Å². The molecular formula is C7H14. The van der Waals surface area contributed by atoms with Gasteiger partial charge in [0.05, 0.1) is 0 Å². The first kappa shape index (κ1) is 5.14. The van der Waals surface area contributed by atoms with Crippen molar-refractivity contribution in [3.8, 4) is 0 Å². The van der Waals surface area contributed by atoms with Crippen LogP contribution in [0.15, 0.2) is 0 Å². The van der Waals surface area contributed by atoms with E-state index in [-0.39, 0.29) is 0 Å². The quantitative estimate of drug-likeness (QED) is 0.437. The van der Waals surface area contributed by atoms with Crippen LogP contribution in [-0.4, -0.2) is 0 Å². The Labute approximate surface area is 45.9 Å². The highest BCUT2D eigenvalue weighted by Crippen LogP contribution is 2.36. The molecule has 0 heterocycles. The second-order valence-electron chi connectivity index (χ2n) is 3.37. The predicted octanol–water partition coefficient (Wildman–Crippen LogP) is 2.59. The summed E-state index contributed by atoms with van der Waals surface area (Å²) in [6.07, 6.45) is 5.83. The van der Waals surface area contributed by atoms with Crippen molar-refractivity contribution in [2.75, 3.05) is 0 Å². The van der Waals surface area contributed by atoms with Crippen molar-refractivity contribution in [3.05, 3.63) is 0 Å². The van der Waals surface area contributed by atoms with E-state index < -0.39 is 0 Å². The van der Waals surface area contributed by atoms with Crippen molar-refractivity contribution in [1.29, 1.82) is 0 Å². The van der Waals surface area contributed by atoms with Gasteiger partial charge in [-0.25, -0.2) is 0 Å². The SMILES string of the molecule is CC1(C)CCCC1. The van der Waals surface area contributed by atoms with Crippen LogP contribution in [0.5, 0.6) is 0 Å². The molecule has 1 rings (SSSR count). The number of hydrogen-bond acceptors (Lipinski definition) is 0. The fraction of sp³-hybridized carbons (Fsp3) is 1.00. The smallest absolute Gasteiger partial charge is 0.0354 e. The van der Waals surface area contributed by atoms with Crippen LogP contribution in [0.3, 0.4) is 0 Å². The largest absolute Gasteiger partial charge is 0.0599 e. The van der Waals surface area contributed by atoms with Gasteiger partial charge in [-0.1, -0.05) is 26.7 Å². The molecule has 1 aliphatic rings. The molecule has 0 saturated heterocycles. The van der Waals surface area contributed by atoms with Gasteiger partial charge in [-0.2, -0.15) is 0 Å². The summed E-state index contributed by atoms with van der Waals surface area (Å²) >= 11 is 0. The third-order valence-corrected chi connectivity index (χ3v) is 1.96. The Balaban J connectivity index is 2.40. The van der Waals surface area contributed by atoms with E-state index >= 15 is 0 Å². The van der Waals surface area contributed by atoms with Crippen molar-refractivity contribution in [1.82, 2.24) is 0 Å². The van der Waals surface area contributed by atoms with Gasteiger partial charge in [-0.3, -0.25) is 0 Å². The molecule has 0 N–H and O–H groups in total. The molecule has 1 aliphatic carbocycles. The molecule has 0 amide bonds. The fourth-order valence-corrected chi connectivity index (χ4v) is 1.33. The second-order valence-corrected chi connectivity index (χ2v) is 3.37. The van der Waals surface area contributed by atoms with Crippen molar-refractivity contribution in [3.63, 3.8) is 0 Å². The van der Waals surface area contributed by atoms with E-state index in [9.17, 15) is 0 Å². The van der Waals surface area contributed by atoms with Crippen LogP contribution in [0.2, 0.25) is 0 Å². The summed E-state index contributed by atoms with van der Waals surface area (Å²) in [4.78, 5) is 0. The first-order chi connectivity index (χ1) is 3.21. The molecule has 42 valence electrons. The zero-order chi connectivity index (χ0) is 5.33. The van der Waals surface area contributed by atoms with Gasteiger partial charge in [0.2, 0.25) is 0 Å². The lowest BCUT2D eigenvalue weighted by Crippen LogP contribution is -2.01. The van der Waals surface area contributed by atoms with Gasteiger partial charge in [0.1, 0.15) is 0 Å². The van der Waals surface area contributed by atoms with Crippen LogP contribution < -0.4 is 0 Å². The lowest BCUT2D eigenvalue weighted by Gasteiger charge is -2.13. The van der Waals surface area contributed by atoms with Crippen LogP contribution in [-0.2, 0) is 0 Å². The van der Waals surface area contributed by atoms with Gasteiger partial charge >= 0.3 is 0 Å². The second kappa shape index (κ2) is 1.50. The highest BCUT2D eigenvalue weighted by molar-refractivity contribution is 4.74. The van der Waals surface area contributed by atoms with E-state index in [0.29, 0.717) is 5.41 Å². The minimum Gasteiger partial charge on any atom is -0.0599 e. The van der Waals surface area contributed by atoms with E-state index in [1.54, 1.807) is 0 Å². The summed E-state index contributed by atoms with van der Waals surface area (Å²) in [6.45, 7) is 4.72. The van der Waals surface area contributed by atoms with Crippen molar-refractivity contribution >= 4 is 0 Å². The topological polar surface area (TPSA) is 0 Å². The Morgan fingerprint density at radius 2 is 1.43 bits per heavy atom. The third-order valence-electron chi connectivity index (χ3n) is 1.96. The first-order valence-electron chi connectivity index (χ1n) is 3.21. The van der Waals surface area contributed by atoms with E-state index in [4.69, 9.17) is 0 Å². The first-order valence-corrected chi connectivity index (χ1v) is 3.21. The normalized spacial score (nSPS) is 28.3. The summed E-state index contributed by atoms with van der Waals surface area (Å²) in [5.74, 6) is 0. The van der Waals surface area contributed by atoms with Crippen molar-refractivity contribution in [2.45, 2.75) is 39.5 Å². The number of hydrogen-bond donors (Lipinski definition) is 0. The Hall–Kier alpha value is 0. The average molecular weight is 98.2 g/mol. The van der Waals surface area contributed by atoms with Crippen molar-refractivity contribution in [2.24, 2.45) is 5.41 Å². The molecule has 0 radical (unpaired) electrons. The maximum absolute atomic E-state index is 2.36. The van der Waals surface area contributed by atoms with Crippen molar-refractivity contribution < 1.29 is 0 Å². The Morgan fingerprint density at radius 3 is 1.57 bits per heavy atom. The molecule has 0 nitrogen and oxygen atoms in total. The van der Waals surface area contributed by atoms with Crippen LogP contribution in [0, 0.1) is 5.41 Å². The molecule has 0 heteroatoms. The molecule has 0 unspecified atom stereocenters. The van der Waals surface area contributed by atoms with Crippen LogP contribution in [0.25, 0.3) is 0 Å².